The summed E-state index contributed by atoms with van der Waals surface area (Å²) in [7, 11) is 1.99. The van der Waals surface area contributed by atoms with Crippen LogP contribution in [0.25, 0.3) is 0 Å². The lowest BCUT2D eigenvalue weighted by molar-refractivity contribution is -0.172. The van der Waals surface area contributed by atoms with Crippen LogP contribution in [0.1, 0.15) is 91.4 Å². The average Bonchev–Trinajstić information content (AvgIpc) is 3.08. The van der Waals surface area contributed by atoms with Crippen molar-refractivity contribution in [2.45, 2.75) is 97.5 Å². The Labute approximate surface area is 183 Å². The van der Waals surface area contributed by atoms with Gasteiger partial charge < -0.3 is 4.74 Å². The molecule has 4 rings (SSSR count). The van der Waals surface area contributed by atoms with Crippen molar-refractivity contribution in [1.29, 1.82) is 0 Å². The lowest BCUT2D eigenvalue weighted by atomic mass is 9.44. The number of hydrogen-bond donors (Lipinski definition) is 0. The lowest BCUT2D eigenvalue weighted by Gasteiger charge is -2.62. The Bertz CT molecular complexity index is 606. The van der Waals surface area contributed by atoms with Crippen LogP contribution in [-0.4, -0.2) is 24.6 Å². The van der Waals surface area contributed by atoms with Gasteiger partial charge in [0, 0.05) is 13.5 Å². The second kappa shape index (κ2) is 8.49. The molecule has 4 aliphatic carbocycles. The fraction of sp³-hybridized carbons (Fsp3) is 0.962. The van der Waals surface area contributed by atoms with Gasteiger partial charge in [-0.05, 0) is 104 Å². The van der Waals surface area contributed by atoms with E-state index in [-0.39, 0.29) is 0 Å². The quantitative estimate of drug-likeness (QED) is 0.480. The number of thioether (sulfide) groups is 1. The SMILES string of the molecule is COC1CC2CCCCC2(C)C2CCC3(C)C(C(C)CCC(=O)SC)CCC3C12. The summed E-state index contributed by atoms with van der Waals surface area (Å²) in [5.74, 6) is 4.81. The third kappa shape index (κ3) is 3.65. The van der Waals surface area contributed by atoms with E-state index in [1.54, 1.807) is 0 Å². The fourth-order valence-corrected chi connectivity index (χ4v) is 9.43. The first-order chi connectivity index (χ1) is 13.8. The van der Waals surface area contributed by atoms with E-state index in [1.165, 1.54) is 69.5 Å². The molecule has 29 heavy (non-hydrogen) atoms. The van der Waals surface area contributed by atoms with E-state index in [0.717, 1.165) is 42.4 Å². The summed E-state index contributed by atoms with van der Waals surface area (Å²) in [5.41, 5.74) is 1.02. The molecule has 166 valence electrons. The molecule has 2 nitrogen and oxygen atoms in total. The largest absolute Gasteiger partial charge is 0.381 e. The highest BCUT2D eigenvalue weighted by Crippen LogP contribution is 2.68. The molecule has 0 spiro atoms. The van der Waals surface area contributed by atoms with Gasteiger partial charge in [0.15, 0.2) is 5.12 Å². The van der Waals surface area contributed by atoms with E-state index in [0.29, 0.717) is 28.0 Å². The summed E-state index contributed by atoms with van der Waals surface area (Å²) in [6, 6.07) is 0. The Morgan fingerprint density at radius 1 is 1.07 bits per heavy atom. The van der Waals surface area contributed by atoms with Crippen molar-refractivity contribution in [3.63, 3.8) is 0 Å². The molecule has 0 aromatic rings. The predicted molar refractivity (Wildman–Crippen MR) is 123 cm³/mol. The lowest BCUT2D eigenvalue weighted by Crippen LogP contribution is -2.58. The molecule has 0 heterocycles. The summed E-state index contributed by atoms with van der Waals surface area (Å²) in [4.78, 5) is 11.9. The normalized spacial score (nSPS) is 47.8. The van der Waals surface area contributed by atoms with Crippen molar-refractivity contribution >= 4 is 16.9 Å². The topological polar surface area (TPSA) is 26.3 Å². The maximum absolute atomic E-state index is 11.9. The van der Waals surface area contributed by atoms with Gasteiger partial charge in [0.05, 0.1) is 6.10 Å². The first-order valence-electron chi connectivity index (χ1n) is 12.4. The first-order valence-corrected chi connectivity index (χ1v) is 13.7. The Hall–Kier alpha value is -0.0200. The maximum Gasteiger partial charge on any atom is 0.188 e. The van der Waals surface area contributed by atoms with Gasteiger partial charge in [-0.1, -0.05) is 45.4 Å². The summed E-state index contributed by atoms with van der Waals surface area (Å²) in [6.07, 6.45) is 16.9. The summed E-state index contributed by atoms with van der Waals surface area (Å²) < 4.78 is 6.25. The molecule has 4 fully saturated rings. The van der Waals surface area contributed by atoms with Crippen LogP contribution in [0.3, 0.4) is 0 Å². The fourth-order valence-electron chi connectivity index (χ4n) is 9.10. The Morgan fingerprint density at radius 2 is 1.83 bits per heavy atom. The third-order valence-corrected chi connectivity index (χ3v) is 11.3. The molecular formula is C26H44O2S. The second-order valence-corrected chi connectivity index (χ2v) is 12.4. The Kier molecular flexibility index (Phi) is 6.49. The van der Waals surface area contributed by atoms with Crippen molar-refractivity contribution in [2.75, 3.05) is 13.4 Å². The Morgan fingerprint density at radius 3 is 2.55 bits per heavy atom. The van der Waals surface area contributed by atoms with Crippen LogP contribution >= 0.6 is 11.8 Å². The Balaban J connectivity index is 1.55. The minimum absolute atomic E-state index is 0.364. The average molecular weight is 421 g/mol. The molecule has 9 unspecified atom stereocenters. The summed E-state index contributed by atoms with van der Waals surface area (Å²) in [5, 5.41) is 0.364. The van der Waals surface area contributed by atoms with E-state index >= 15 is 0 Å². The van der Waals surface area contributed by atoms with E-state index in [2.05, 4.69) is 20.8 Å². The molecule has 0 radical (unpaired) electrons. The van der Waals surface area contributed by atoms with E-state index in [9.17, 15) is 4.79 Å². The van der Waals surface area contributed by atoms with Gasteiger partial charge in [-0.3, -0.25) is 4.79 Å². The van der Waals surface area contributed by atoms with Crippen LogP contribution in [0.4, 0.5) is 0 Å². The minimum atomic E-state index is 0.364. The number of carbonyl (C=O) groups is 1. The molecular weight excluding hydrogens is 376 g/mol. The molecule has 0 N–H and O–H groups in total. The van der Waals surface area contributed by atoms with Gasteiger partial charge >= 0.3 is 0 Å². The number of fused-ring (bicyclic) bond motifs is 5. The van der Waals surface area contributed by atoms with Gasteiger partial charge in [0.25, 0.3) is 0 Å². The van der Waals surface area contributed by atoms with Crippen molar-refractivity contribution in [3.05, 3.63) is 0 Å². The molecule has 0 amide bonds. The van der Waals surface area contributed by atoms with E-state index < -0.39 is 0 Å². The molecule has 0 saturated heterocycles. The standard InChI is InChI=1S/C26H44O2S/c1-17(9-12-23(27)29-5)19-10-11-20-24-21(13-15-26(19,20)3)25(2)14-7-6-8-18(25)16-22(24)28-4/h17-22,24H,6-16H2,1-5H3. The third-order valence-electron chi connectivity index (χ3n) is 10.7. The second-order valence-electron chi connectivity index (χ2n) is 11.6. The molecule has 0 aromatic heterocycles. The molecule has 4 aliphatic rings. The molecule has 0 aliphatic heterocycles. The highest BCUT2D eigenvalue weighted by atomic mass is 32.2. The van der Waals surface area contributed by atoms with Crippen LogP contribution in [0.5, 0.6) is 0 Å². The molecule has 0 bridgehead atoms. The zero-order valence-corrected chi connectivity index (χ0v) is 20.4. The van der Waals surface area contributed by atoms with Crippen LogP contribution in [0, 0.1) is 46.3 Å². The zero-order valence-electron chi connectivity index (χ0n) is 19.5. The summed E-state index contributed by atoms with van der Waals surface area (Å²) >= 11 is 1.40. The monoisotopic (exact) mass is 420 g/mol. The maximum atomic E-state index is 11.9. The molecule has 3 heteroatoms. The van der Waals surface area contributed by atoms with Crippen molar-refractivity contribution in [1.82, 2.24) is 0 Å². The highest BCUT2D eigenvalue weighted by Gasteiger charge is 2.62. The highest BCUT2D eigenvalue weighted by molar-refractivity contribution is 8.13. The van der Waals surface area contributed by atoms with Gasteiger partial charge in [-0.15, -0.1) is 0 Å². The number of hydrogen-bond acceptors (Lipinski definition) is 3. The van der Waals surface area contributed by atoms with Crippen LogP contribution in [0.2, 0.25) is 0 Å². The van der Waals surface area contributed by atoms with Crippen molar-refractivity contribution < 1.29 is 9.53 Å². The van der Waals surface area contributed by atoms with Gasteiger partial charge in [-0.25, -0.2) is 0 Å². The summed E-state index contributed by atoms with van der Waals surface area (Å²) in [6.45, 7) is 7.72. The number of rotatable bonds is 5. The van der Waals surface area contributed by atoms with Crippen LogP contribution in [0.15, 0.2) is 0 Å². The van der Waals surface area contributed by atoms with Gasteiger partial charge in [0.2, 0.25) is 0 Å². The smallest absolute Gasteiger partial charge is 0.188 e. The number of methoxy groups -OCH3 is 1. The molecule has 4 saturated carbocycles. The van der Waals surface area contributed by atoms with Gasteiger partial charge in [-0.2, -0.15) is 0 Å². The zero-order chi connectivity index (χ0) is 20.8. The van der Waals surface area contributed by atoms with Crippen LogP contribution in [-0.2, 0) is 9.53 Å². The first kappa shape index (κ1) is 22.2. The predicted octanol–water partition coefficient (Wildman–Crippen LogP) is 6.97. The molecule has 0 aromatic carbocycles. The number of ether oxygens (including phenoxy) is 1. The van der Waals surface area contributed by atoms with Gasteiger partial charge in [0.1, 0.15) is 0 Å². The number of carbonyl (C=O) groups excluding carboxylic acids is 1. The van der Waals surface area contributed by atoms with Crippen molar-refractivity contribution in [3.8, 4) is 0 Å². The van der Waals surface area contributed by atoms with E-state index in [1.807, 2.05) is 13.4 Å². The van der Waals surface area contributed by atoms with Crippen LogP contribution < -0.4 is 0 Å². The minimum Gasteiger partial charge on any atom is -0.381 e. The molecule has 9 atom stereocenters. The van der Waals surface area contributed by atoms with Crippen molar-refractivity contribution in [2.24, 2.45) is 46.3 Å². The van der Waals surface area contributed by atoms with E-state index in [4.69, 9.17) is 4.74 Å².